The van der Waals surface area contributed by atoms with E-state index in [1.165, 1.54) is 6.07 Å². The summed E-state index contributed by atoms with van der Waals surface area (Å²) in [5.74, 6) is 1.16. The first-order valence-corrected chi connectivity index (χ1v) is 14.6. The van der Waals surface area contributed by atoms with Crippen LogP contribution in [0.3, 0.4) is 0 Å². The van der Waals surface area contributed by atoms with Crippen LogP contribution in [0.15, 0.2) is 48.9 Å². The number of amides is 1. The van der Waals surface area contributed by atoms with Gasteiger partial charge >= 0.3 is 0 Å². The third kappa shape index (κ3) is 5.98. The number of benzene rings is 2. The molecule has 2 atom stereocenters. The minimum atomic E-state index is -0.546. The number of imidazole rings is 1. The van der Waals surface area contributed by atoms with Crippen molar-refractivity contribution in [2.75, 3.05) is 11.9 Å². The second-order valence-electron chi connectivity index (χ2n) is 11.3. The number of carbonyl (C=O) groups excluding carboxylic acids is 1. The van der Waals surface area contributed by atoms with Gasteiger partial charge in [0.15, 0.2) is 5.82 Å². The van der Waals surface area contributed by atoms with Crippen LogP contribution in [0.5, 0.6) is 0 Å². The Kier molecular flexibility index (Phi) is 8.12. The lowest BCUT2D eigenvalue weighted by Gasteiger charge is -2.29. The van der Waals surface area contributed by atoms with Crippen LogP contribution in [0.1, 0.15) is 54.5 Å². The van der Waals surface area contributed by atoms with E-state index in [0.29, 0.717) is 42.6 Å². The van der Waals surface area contributed by atoms with Gasteiger partial charge in [-0.15, -0.1) is 10.2 Å². The van der Waals surface area contributed by atoms with Gasteiger partial charge in [0, 0.05) is 31.7 Å². The molecule has 0 spiro atoms. The molecule has 2 aromatic carbocycles. The van der Waals surface area contributed by atoms with Crippen molar-refractivity contribution in [1.29, 1.82) is 0 Å². The zero-order valence-corrected chi connectivity index (χ0v) is 24.0. The summed E-state index contributed by atoms with van der Waals surface area (Å²) >= 11 is 0. The number of rotatable bonds is 9. The number of aryl methyl sites for hydroxylation is 2. The molecule has 0 bridgehead atoms. The van der Waals surface area contributed by atoms with E-state index in [9.17, 15) is 13.6 Å². The lowest BCUT2D eigenvalue weighted by atomic mass is 9.87. The number of para-hydroxylation sites is 1. The lowest BCUT2D eigenvalue weighted by Crippen LogP contribution is -2.48. The van der Waals surface area contributed by atoms with Gasteiger partial charge in [0.25, 0.3) is 0 Å². The third-order valence-electron chi connectivity index (χ3n) is 8.31. The number of nitrogens with one attached hydrogen (secondary N) is 2. The molecule has 0 radical (unpaired) electrons. The first-order chi connectivity index (χ1) is 20.4. The molecular formula is C31H36F2N8O. The molecule has 2 aromatic heterocycles. The fourth-order valence-electron chi connectivity index (χ4n) is 6.15. The van der Waals surface area contributed by atoms with Crippen LogP contribution in [-0.2, 0) is 37.3 Å². The highest BCUT2D eigenvalue weighted by atomic mass is 19.1. The van der Waals surface area contributed by atoms with E-state index in [4.69, 9.17) is 0 Å². The predicted molar refractivity (Wildman–Crippen MR) is 155 cm³/mol. The van der Waals surface area contributed by atoms with E-state index in [2.05, 4.69) is 41.3 Å². The van der Waals surface area contributed by atoms with Gasteiger partial charge in [0.2, 0.25) is 5.91 Å². The van der Waals surface area contributed by atoms with E-state index in [1.807, 2.05) is 42.8 Å². The minimum Gasteiger partial charge on any atom is -0.313 e. The standard InChI is InChI=1S/C31H36F2N8O/c1-3-6-27(35-24-10-9-21-13-23(32)14-26(33)25(21)15-24)31(42)36-29-17-40(19-34-29)28-8-5-4-7-22(28)16-39-11-12-41-20(2)37-38-30(41)18-39/h4-5,7-8,13-14,17,19,24,27,35H,3,6,9-12,15-16,18H2,1-2H3,(H,36,42)/t24-,27-/m0/s1. The van der Waals surface area contributed by atoms with Gasteiger partial charge in [-0.05, 0) is 61.4 Å². The molecule has 0 fully saturated rings. The number of nitrogens with zero attached hydrogens (tertiary/aromatic N) is 6. The van der Waals surface area contributed by atoms with Crippen LogP contribution >= 0.6 is 0 Å². The minimum absolute atomic E-state index is 0.0725. The number of hydrogen-bond acceptors (Lipinski definition) is 6. The van der Waals surface area contributed by atoms with E-state index in [-0.39, 0.29) is 11.9 Å². The largest absolute Gasteiger partial charge is 0.313 e. The Hall–Kier alpha value is -3.96. The fraction of sp³-hybridized carbons (Fsp3) is 0.419. The molecular weight excluding hydrogens is 538 g/mol. The summed E-state index contributed by atoms with van der Waals surface area (Å²) in [6.07, 6.45) is 6.70. The van der Waals surface area contributed by atoms with Crippen LogP contribution in [0.2, 0.25) is 0 Å². The van der Waals surface area contributed by atoms with Gasteiger partial charge in [0.05, 0.1) is 24.5 Å². The number of anilines is 1. The van der Waals surface area contributed by atoms with Crippen molar-refractivity contribution >= 4 is 11.7 Å². The Balaban J connectivity index is 1.11. The Labute approximate surface area is 244 Å². The summed E-state index contributed by atoms with van der Waals surface area (Å²) in [5, 5.41) is 14.9. The molecule has 1 amide bonds. The Morgan fingerprint density at radius 3 is 2.88 bits per heavy atom. The van der Waals surface area contributed by atoms with Crippen molar-refractivity contribution in [1.82, 2.24) is 34.5 Å². The van der Waals surface area contributed by atoms with Gasteiger partial charge in [-0.2, -0.15) is 0 Å². The molecule has 4 aromatic rings. The second-order valence-corrected chi connectivity index (χ2v) is 11.3. The Morgan fingerprint density at radius 2 is 2.02 bits per heavy atom. The topological polar surface area (TPSA) is 92.9 Å². The first kappa shape index (κ1) is 28.2. The molecule has 42 heavy (non-hydrogen) atoms. The maximum atomic E-state index is 14.4. The molecule has 0 saturated heterocycles. The summed E-state index contributed by atoms with van der Waals surface area (Å²) in [5.41, 5.74) is 3.39. The smallest absolute Gasteiger partial charge is 0.242 e. The van der Waals surface area contributed by atoms with E-state index < -0.39 is 17.7 Å². The van der Waals surface area contributed by atoms with Crippen LogP contribution in [-0.4, -0.2) is 53.8 Å². The van der Waals surface area contributed by atoms with Crippen LogP contribution in [0, 0.1) is 18.6 Å². The molecule has 9 nitrogen and oxygen atoms in total. The van der Waals surface area contributed by atoms with E-state index in [1.54, 1.807) is 6.33 Å². The second kappa shape index (κ2) is 12.1. The van der Waals surface area contributed by atoms with E-state index in [0.717, 1.165) is 61.6 Å². The highest BCUT2D eigenvalue weighted by Gasteiger charge is 2.27. The summed E-state index contributed by atoms with van der Waals surface area (Å²) in [6.45, 7) is 7.28. The third-order valence-corrected chi connectivity index (χ3v) is 8.31. The average Bonchev–Trinajstić information content (AvgIpc) is 3.59. The van der Waals surface area contributed by atoms with Crippen LogP contribution in [0.4, 0.5) is 14.6 Å². The zero-order chi connectivity index (χ0) is 29.2. The molecule has 1 aliphatic carbocycles. The van der Waals surface area contributed by atoms with Crippen molar-refractivity contribution in [2.24, 2.45) is 0 Å². The molecule has 220 valence electrons. The number of fused-ring (bicyclic) bond motifs is 2. The first-order valence-electron chi connectivity index (χ1n) is 14.6. The van der Waals surface area contributed by atoms with Crippen molar-refractivity contribution in [3.63, 3.8) is 0 Å². The maximum absolute atomic E-state index is 14.4. The van der Waals surface area contributed by atoms with E-state index >= 15 is 0 Å². The Morgan fingerprint density at radius 1 is 1.17 bits per heavy atom. The molecule has 3 heterocycles. The van der Waals surface area contributed by atoms with Crippen molar-refractivity contribution in [3.05, 3.63) is 88.9 Å². The van der Waals surface area contributed by atoms with Crippen LogP contribution < -0.4 is 10.6 Å². The lowest BCUT2D eigenvalue weighted by molar-refractivity contribution is -0.118. The van der Waals surface area contributed by atoms with Crippen molar-refractivity contribution < 1.29 is 13.6 Å². The highest BCUT2D eigenvalue weighted by Crippen LogP contribution is 2.26. The van der Waals surface area contributed by atoms with Crippen molar-refractivity contribution in [3.8, 4) is 5.69 Å². The summed E-state index contributed by atoms with van der Waals surface area (Å²) in [6, 6.07) is 10.0. The van der Waals surface area contributed by atoms with Gasteiger partial charge in [0.1, 0.15) is 29.6 Å². The van der Waals surface area contributed by atoms with Crippen molar-refractivity contribution in [2.45, 2.75) is 77.7 Å². The Bertz CT molecular complexity index is 1580. The molecule has 2 aliphatic rings. The van der Waals surface area contributed by atoms with Gasteiger partial charge < -0.3 is 19.8 Å². The number of carbonyl (C=O) groups is 1. The average molecular weight is 575 g/mol. The normalized spacial score (nSPS) is 17.5. The zero-order valence-electron chi connectivity index (χ0n) is 24.0. The molecule has 11 heteroatoms. The number of halogens is 2. The summed E-state index contributed by atoms with van der Waals surface area (Å²) in [4.78, 5) is 20.2. The summed E-state index contributed by atoms with van der Waals surface area (Å²) in [7, 11) is 0. The van der Waals surface area contributed by atoms with Gasteiger partial charge in [-0.25, -0.2) is 13.8 Å². The molecule has 6 rings (SSSR count). The molecule has 0 unspecified atom stereocenters. The van der Waals surface area contributed by atoms with Gasteiger partial charge in [-0.1, -0.05) is 31.5 Å². The quantitative estimate of drug-likeness (QED) is 0.309. The maximum Gasteiger partial charge on any atom is 0.242 e. The fourth-order valence-corrected chi connectivity index (χ4v) is 6.15. The number of aromatic nitrogens is 5. The molecule has 2 N–H and O–H groups in total. The SMILES string of the molecule is CCC[C@H](N[C@H]1CCc2cc(F)cc(F)c2C1)C(=O)Nc1cn(-c2ccccc2CN2CCn3c(C)nnc3C2)cn1. The van der Waals surface area contributed by atoms with Crippen LogP contribution in [0.25, 0.3) is 5.69 Å². The monoisotopic (exact) mass is 574 g/mol. The number of hydrogen-bond donors (Lipinski definition) is 2. The highest BCUT2D eigenvalue weighted by molar-refractivity contribution is 5.94. The molecule has 1 aliphatic heterocycles. The predicted octanol–water partition coefficient (Wildman–Crippen LogP) is 4.32. The van der Waals surface area contributed by atoms with Gasteiger partial charge in [-0.3, -0.25) is 9.69 Å². The molecule has 0 saturated carbocycles. The summed E-state index contributed by atoms with van der Waals surface area (Å²) < 4.78 is 32.2.